The molecule has 0 amide bonds. The summed E-state index contributed by atoms with van der Waals surface area (Å²) in [7, 11) is 5.62. The Morgan fingerprint density at radius 2 is 1.77 bits per heavy atom. The summed E-state index contributed by atoms with van der Waals surface area (Å²) in [5.74, 6) is -0.930. The molecule has 3 nitrogen and oxygen atoms in total. The Hall–Kier alpha value is -1.98. The molecule has 5 heteroatoms. The highest BCUT2D eigenvalue weighted by atomic mass is 19.2. The largest absolute Gasteiger partial charge is 0.496 e. The predicted octanol–water partition coefficient (Wildman–Crippen LogP) is 3.81. The van der Waals surface area contributed by atoms with E-state index in [4.69, 9.17) is 4.74 Å². The zero-order valence-electron chi connectivity index (χ0n) is 15.8. The van der Waals surface area contributed by atoms with Gasteiger partial charge in [-0.25, -0.2) is 8.78 Å². The fourth-order valence-corrected chi connectivity index (χ4v) is 3.80. The topological polar surface area (TPSA) is 15.7 Å². The predicted molar refractivity (Wildman–Crippen MR) is 99.6 cm³/mol. The van der Waals surface area contributed by atoms with Gasteiger partial charge in [-0.15, -0.1) is 0 Å². The summed E-state index contributed by atoms with van der Waals surface area (Å²) in [5.41, 5.74) is 2.80. The number of hydrogen-bond acceptors (Lipinski definition) is 3. The zero-order valence-corrected chi connectivity index (χ0v) is 15.8. The molecule has 3 rings (SSSR count). The molecule has 1 aliphatic rings. The lowest BCUT2D eigenvalue weighted by molar-refractivity contribution is 0.255. The minimum Gasteiger partial charge on any atom is -0.496 e. The van der Waals surface area contributed by atoms with Crippen molar-refractivity contribution in [3.05, 3.63) is 64.7 Å². The maximum Gasteiger partial charge on any atom is 0.167 e. The van der Waals surface area contributed by atoms with Crippen molar-refractivity contribution >= 4 is 0 Å². The number of ether oxygens (including phenoxy) is 1. The minimum absolute atomic E-state index is 0.287. The third kappa shape index (κ3) is 3.74. The van der Waals surface area contributed by atoms with Gasteiger partial charge in [-0.2, -0.15) is 0 Å². The van der Waals surface area contributed by atoms with E-state index in [1.165, 1.54) is 24.3 Å². The van der Waals surface area contributed by atoms with Crippen LogP contribution < -0.4 is 4.74 Å². The normalized spacial score (nSPS) is 20.7. The van der Waals surface area contributed by atoms with Gasteiger partial charge in [-0.3, -0.25) is 4.90 Å². The van der Waals surface area contributed by atoms with Crippen LogP contribution in [-0.2, 0) is 6.54 Å². The van der Waals surface area contributed by atoms with Gasteiger partial charge in [0.05, 0.1) is 7.11 Å². The van der Waals surface area contributed by atoms with Crippen molar-refractivity contribution in [2.45, 2.75) is 25.4 Å². The van der Waals surface area contributed by atoms with Crippen molar-refractivity contribution in [2.24, 2.45) is 0 Å². The van der Waals surface area contributed by atoms with Gasteiger partial charge >= 0.3 is 0 Å². The highest BCUT2D eigenvalue weighted by molar-refractivity contribution is 5.36. The molecule has 140 valence electrons. The Morgan fingerprint density at radius 1 is 1.08 bits per heavy atom. The number of likely N-dealkylation sites (tertiary alicyclic amines) is 1. The summed E-state index contributed by atoms with van der Waals surface area (Å²) in [6.07, 6.45) is 0. The van der Waals surface area contributed by atoms with Crippen LogP contribution in [0.5, 0.6) is 5.75 Å². The van der Waals surface area contributed by atoms with Crippen LogP contribution in [0.25, 0.3) is 0 Å². The highest BCUT2D eigenvalue weighted by Crippen LogP contribution is 2.33. The van der Waals surface area contributed by atoms with Gasteiger partial charge in [-0.1, -0.05) is 29.8 Å². The van der Waals surface area contributed by atoms with Crippen LogP contribution in [-0.4, -0.2) is 50.1 Å². The van der Waals surface area contributed by atoms with E-state index in [1.54, 1.807) is 0 Å². The maximum atomic E-state index is 14.3. The molecule has 0 N–H and O–H groups in total. The van der Waals surface area contributed by atoms with E-state index in [1.807, 2.05) is 0 Å². The van der Waals surface area contributed by atoms with E-state index in [-0.39, 0.29) is 5.56 Å². The Morgan fingerprint density at radius 3 is 2.38 bits per heavy atom. The lowest BCUT2D eigenvalue weighted by Gasteiger charge is -2.25. The molecule has 2 atom stereocenters. The summed E-state index contributed by atoms with van der Waals surface area (Å²) in [6.45, 7) is 4.00. The summed E-state index contributed by atoms with van der Waals surface area (Å²) >= 11 is 0. The number of likely N-dealkylation sites (N-methyl/N-ethyl adjacent to an activating group) is 1. The van der Waals surface area contributed by atoms with Crippen molar-refractivity contribution < 1.29 is 13.5 Å². The summed E-state index contributed by atoms with van der Waals surface area (Å²) < 4.78 is 33.3. The molecule has 0 bridgehead atoms. The van der Waals surface area contributed by atoms with Crippen molar-refractivity contribution in [3.63, 3.8) is 0 Å². The quantitative estimate of drug-likeness (QED) is 0.806. The Kier molecular flexibility index (Phi) is 5.58. The second-order valence-electron chi connectivity index (χ2n) is 7.28. The van der Waals surface area contributed by atoms with Gasteiger partial charge in [0.25, 0.3) is 0 Å². The van der Waals surface area contributed by atoms with E-state index in [2.05, 4.69) is 55.1 Å². The van der Waals surface area contributed by atoms with Crippen LogP contribution in [0.1, 0.15) is 22.6 Å². The molecule has 1 saturated heterocycles. The molecule has 2 aromatic rings. The van der Waals surface area contributed by atoms with E-state index in [0.29, 0.717) is 24.3 Å². The maximum absolute atomic E-state index is 14.3. The van der Waals surface area contributed by atoms with Crippen LogP contribution in [0.4, 0.5) is 8.78 Å². The first kappa shape index (κ1) is 18.8. The molecule has 2 aromatic carbocycles. The molecule has 1 fully saturated rings. The smallest absolute Gasteiger partial charge is 0.167 e. The molecule has 26 heavy (non-hydrogen) atoms. The fraction of sp³-hybridized carbons (Fsp3) is 0.429. The Bertz CT molecular complexity index is 761. The number of benzene rings is 2. The standard InChI is InChI=1S/C21H26F2N2O/c1-14-5-7-15(8-6-14)16-11-25(13-19(16)24(2)3)12-17-20(26-4)10-9-18(22)21(17)23/h5-10,16,19H,11-13H2,1-4H3/t16-,19+/m1/s1. The van der Waals surface area contributed by atoms with Crippen LogP contribution >= 0.6 is 0 Å². The van der Waals surface area contributed by atoms with Crippen LogP contribution in [0.3, 0.4) is 0 Å². The fourth-order valence-electron chi connectivity index (χ4n) is 3.80. The molecule has 0 aliphatic carbocycles. The third-order valence-corrected chi connectivity index (χ3v) is 5.29. The minimum atomic E-state index is -0.834. The van der Waals surface area contributed by atoms with Crippen molar-refractivity contribution in [2.75, 3.05) is 34.3 Å². The molecule has 0 aromatic heterocycles. The first-order chi connectivity index (χ1) is 12.4. The van der Waals surface area contributed by atoms with Crippen LogP contribution in [0.15, 0.2) is 36.4 Å². The third-order valence-electron chi connectivity index (χ3n) is 5.29. The van der Waals surface area contributed by atoms with Crippen LogP contribution in [0, 0.1) is 18.6 Å². The number of nitrogens with zero attached hydrogens (tertiary/aromatic N) is 2. The van der Waals surface area contributed by atoms with Gasteiger partial charge in [0.2, 0.25) is 0 Å². The first-order valence-electron chi connectivity index (χ1n) is 8.87. The number of rotatable bonds is 5. The molecule has 0 radical (unpaired) electrons. The van der Waals surface area contributed by atoms with E-state index >= 15 is 0 Å². The number of aryl methyl sites for hydroxylation is 1. The Labute approximate surface area is 154 Å². The molecule has 0 unspecified atom stereocenters. The molecule has 0 saturated carbocycles. The van der Waals surface area contributed by atoms with Gasteiger partial charge in [0.1, 0.15) is 5.75 Å². The second-order valence-corrected chi connectivity index (χ2v) is 7.28. The highest BCUT2D eigenvalue weighted by Gasteiger charge is 2.35. The number of halogens is 2. The molecule has 1 heterocycles. The van der Waals surface area contributed by atoms with Crippen molar-refractivity contribution in [3.8, 4) is 5.75 Å². The zero-order chi connectivity index (χ0) is 18.8. The molecule has 1 aliphatic heterocycles. The average molecular weight is 360 g/mol. The molecular formula is C21H26F2N2O. The van der Waals surface area contributed by atoms with Gasteiger partial charge in [0.15, 0.2) is 11.6 Å². The first-order valence-corrected chi connectivity index (χ1v) is 8.87. The molecular weight excluding hydrogens is 334 g/mol. The van der Waals surface area contributed by atoms with Gasteiger partial charge in [-0.05, 0) is 38.7 Å². The van der Waals surface area contributed by atoms with E-state index < -0.39 is 11.6 Å². The van der Waals surface area contributed by atoms with Gasteiger partial charge in [0, 0.05) is 37.2 Å². The number of hydrogen-bond donors (Lipinski definition) is 0. The lowest BCUT2D eigenvalue weighted by atomic mass is 9.93. The molecule has 0 spiro atoms. The van der Waals surface area contributed by atoms with Crippen molar-refractivity contribution in [1.29, 1.82) is 0 Å². The number of methoxy groups -OCH3 is 1. The summed E-state index contributed by atoms with van der Waals surface area (Å²) in [5, 5.41) is 0. The summed E-state index contributed by atoms with van der Waals surface area (Å²) in [4.78, 5) is 4.39. The van der Waals surface area contributed by atoms with Gasteiger partial charge < -0.3 is 9.64 Å². The Balaban J connectivity index is 1.85. The van der Waals surface area contributed by atoms with Crippen LogP contribution in [0.2, 0.25) is 0 Å². The monoisotopic (exact) mass is 360 g/mol. The second kappa shape index (κ2) is 7.72. The van der Waals surface area contributed by atoms with E-state index in [9.17, 15) is 8.78 Å². The summed E-state index contributed by atoms with van der Waals surface area (Å²) in [6, 6.07) is 11.5. The SMILES string of the molecule is COc1ccc(F)c(F)c1CN1C[C@H](c2ccc(C)cc2)[C@@H](N(C)C)C1. The lowest BCUT2D eigenvalue weighted by Crippen LogP contribution is -2.34. The van der Waals surface area contributed by atoms with Crippen molar-refractivity contribution in [1.82, 2.24) is 9.80 Å². The van der Waals surface area contributed by atoms with E-state index in [0.717, 1.165) is 19.2 Å². The average Bonchev–Trinajstić information content (AvgIpc) is 3.04.